The van der Waals surface area contributed by atoms with E-state index in [2.05, 4.69) is 0 Å². The summed E-state index contributed by atoms with van der Waals surface area (Å²) in [5.74, 6) is -0.00639. The van der Waals surface area contributed by atoms with E-state index in [1.54, 1.807) is 7.05 Å². The first-order valence-electron chi connectivity index (χ1n) is 6.68. The van der Waals surface area contributed by atoms with E-state index in [1.807, 2.05) is 30.3 Å². The van der Waals surface area contributed by atoms with E-state index in [-0.39, 0.29) is 11.8 Å². The number of sulfonamides is 1. The van der Waals surface area contributed by atoms with Gasteiger partial charge in [0.05, 0.1) is 17.9 Å². The highest BCUT2D eigenvalue weighted by Gasteiger charge is 2.33. The second kappa shape index (κ2) is 6.03. The first-order valence-corrected chi connectivity index (χ1v) is 8.29. The van der Waals surface area contributed by atoms with Gasteiger partial charge in [-0.15, -0.1) is 0 Å². The van der Waals surface area contributed by atoms with Crippen LogP contribution in [-0.2, 0) is 15.8 Å². The quantitative estimate of drug-likeness (QED) is 0.916. The Hall–Kier alpha value is -0.910. The monoisotopic (exact) mass is 283 g/mol. The molecule has 0 radical (unpaired) electrons. The minimum Gasteiger partial charge on any atom is -0.391 e. The normalized spacial score (nSPS) is 24.6. The molecule has 0 bridgehead atoms. The summed E-state index contributed by atoms with van der Waals surface area (Å²) in [6.45, 7) is 0. The standard InChI is InChI=1S/C14H21NO3S/c1-15(13-9-5-6-10-14(13)16)19(17,18)11-12-7-3-2-4-8-12/h2-4,7-8,13-14,16H,5-6,9-11H2,1H3/t13-,14+/m0/s1. The average Bonchev–Trinajstić information content (AvgIpc) is 2.39. The topological polar surface area (TPSA) is 57.6 Å². The molecule has 0 saturated heterocycles. The van der Waals surface area contributed by atoms with Gasteiger partial charge in [0, 0.05) is 7.05 Å². The fourth-order valence-electron chi connectivity index (χ4n) is 2.61. The Labute approximate surface area is 115 Å². The molecule has 0 unspecified atom stereocenters. The van der Waals surface area contributed by atoms with Gasteiger partial charge in [0.25, 0.3) is 0 Å². The molecule has 1 saturated carbocycles. The van der Waals surface area contributed by atoms with Crippen molar-refractivity contribution in [3.8, 4) is 0 Å². The minimum absolute atomic E-state index is 0.00639. The van der Waals surface area contributed by atoms with Gasteiger partial charge < -0.3 is 5.11 Å². The molecule has 0 amide bonds. The van der Waals surface area contributed by atoms with Crippen LogP contribution in [0, 0.1) is 0 Å². The minimum atomic E-state index is -3.37. The fourth-order valence-corrected chi connectivity index (χ4v) is 4.08. The SMILES string of the molecule is CN([C@H]1CCCC[C@H]1O)S(=O)(=O)Cc1ccccc1. The lowest BCUT2D eigenvalue weighted by atomic mass is 9.93. The Morgan fingerprint density at radius 2 is 1.84 bits per heavy atom. The van der Waals surface area contributed by atoms with Crippen LogP contribution < -0.4 is 0 Å². The van der Waals surface area contributed by atoms with Crippen molar-refractivity contribution in [2.45, 2.75) is 43.6 Å². The van der Waals surface area contributed by atoms with Crippen molar-refractivity contribution in [2.75, 3.05) is 7.05 Å². The molecule has 1 aliphatic carbocycles. The third kappa shape index (κ3) is 3.55. The molecule has 5 heteroatoms. The lowest BCUT2D eigenvalue weighted by molar-refractivity contribution is 0.0637. The van der Waals surface area contributed by atoms with E-state index in [1.165, 1.54) is 4.31 Å². The largest absolute Gasteiger partial charge is 0.391 e. The van der Waals surface area contributed by atoms with Gasteiger partial charge in [0.2, 0.25) is 10.0 Å². The molecule has 1 aromatic rings. The average molecular weight is 283 g/mol. The summed E-state index contributed by atoms with van der Waals surface area (Å²) in [5.41, 5.74) is 0.777. The summed E-state index contributed by atoms with van der Waals surface area (Å²) >= 11 is 0. The van der Waals surface area contributed by atoms with Crippen LogP contribution in [0.1, 0.15) is 31.2 Å². The van der Waals surface area contributed by atoms with Crippen LogP contribution >= 0.6 is 0 Å². The summed E-state index contributed by atoms with van der Waals surface area (Å²) in [6.07, 6.45) is 2.85. The highest BCUT2D eigenvalue weighted by molar-refractivity contribution is 7.88. The van der Waals surface area contributed by atoms with Crippen LogP contribution in [0.2, 0.25) is 0 Å². The number of likely N-dealkylation sites (N-methyl/N-ethyl adjacent to an activating group) is 1. The van der Waals surface area contributed by atoms with Crippen LogP contribution in [0.5, 0.6) is 0 Å². The van der Waals surface area contributed by atoms with Crippen molar-refractivity contribution >= 4 is 10.0 Å². The molecule has 4 nitrogen and oxygen atoms in total. The van der Waals surface area contributed by atoms with Gasteiger partial charge in [0.15, 0.2) is 0 Å². The summed E-state index contributed by atoms with van der Waals surface area (Å²) in [5, 5.41) is 9.96. The molecule has 106 valence electrons. The maximum Gasteiger partial charge on any atom is 0.218 e. The number of benzene rings is 1. The second-order valence-electron chi connectivity index (χ2n) is 5.18. The Bertz CT molecular complexity index is 501. The van der Waals surface area contributed by atoms with Crippen LogP contribution in [0.15, 0.2) is 30.3 Å². The Morgan fingerprint density at radius 3 is 2.47 bits per heavy atom. The number of rotatable bonds is 4. The third-order valence-corrected chi connectivity index (χ3v) is 5.64. The van der Waals surface area contributed by atoms with Gasteiger partial charge in [-0.05, 0) is 18.4 Å². The molecule has 0 spiro atoms. The molecular weight excluding hydrogens is 262 g/mol. The van der Waals surface area contributed by atoms with Gasteiger partial charge in [-0.25, -0.2) is 8.42 Å². The van der Waals surface area contributed by atoms with Gasteiger partial charge >= 0.3 is 0 Å². The van der Waals surface area contributed by atoms with E-state index >= 15 is 0 Å². The maximum atomic E-state index is 12.4. The molecule has 2 rings (SSSR count). The van der Waals surface area contributed by atoms with Gasteiger partial charge in [-0.3, -0.25) is 0 Å². The van der Waals surface area contributed by atoms with Gasteiger partial charge in [-0.2, -0.15) is 4.31 Å². The van der Waals surface area contributed by atoms with Gasteiger partial charge in [-0.1, -0.05) is 43.2 Å². The van der Waals surface area contributed by atoms with Crippen LogP contribution in [-0.4, -0.2) is 37.0 Å². The molecule has 0 aliphatic heterocycles. The molecule has 0 heterocycles. The first-order chi connectivity index (χ1) is 9.00. The zero-order valence-corrected chi connectivity index (χ0v) is 12.0. The Kier molecular flexibility index (Phi) is 4.60. The molecule has 0 aromatic heterocycles. The molecule has 1 aliphatic rings. The predicted octanol–water partition coefficient (Wildman–Crippen LogP) is 1.75. The van der Waals surface area contributed by atoms with Crippen molar-refractivity contribution in [3.63, 3.8) is 0 Å². The lowest BCUT2D eigenvalue weighted by Crippen LogP contribution is -2.46. The molecular formula is C14H21NO3S. The third-order valence-electron chi connectivity index (χ3n) is 3.79. The van der Waals surface area contributed by atoms with Crippen molar-refractivity contribution in [3.05, 3.63) is 35.9 Å². The second-order valence-corrected chi connectivity index (χ2v) is 7.21. The number of hydrogen-bond donors (Lipinski definition) is 1. The first kappa shape index (κ1) is 14.5. The summed E-state index contributed by atoms with van der Waals surface area (Å²) in [4.78, 5) is 0. The predicted molar refractivity (Wildman–Crippen MR) is 75.1 cm³/mol. The zero-order valence-electron chi connectivity index (χ0n) is 11.2. The van der Waals surface area contributed by atoms with Crippen LogP contribution in [0.4, 0.5) is 0 Å². The van der Waals surface area contributed by atoms with E-state index in [9.17, 15) is 13.5 Å². The summed E-state index contributed by atoms with van der Waals surface area (Å²) < 4.78 is 26.1. The zero-order chi connectivity index (χ0) is 13.9. The molecule has 1 N–H and O–H groups in total. The summed E-state index contributed by atoms with van der Waals surface area (Å²) in [6, 6.07) is 8.87. The van der Waals surface area contributed by atoms with Crippen LogP contribution in [0.25, 0.3) is 0 Å². The van der Waals surface area contributed by atoms with E-state index in [0.29, 0.717) is 6.42 Å². The highest BCUT2D eigenvalue weighted by Crippen LogP contribution is 2.25. The van der Waals surface area contributed by atoms with Crippen molar-refractivity contribution in [2.24, 2.45) is 0 Å². The van der Waals surface area contributed by atoms with E-state index < -0.39 is 16.1 Å². The van der Waals surface area contributed by atoms with E-state index in [0.717, 1.165) is 24.8 Å². The number of hydrogen-bond acceptors (Lipinski definition) is 3. The van der Waals surface area contributed by atoms with Crippen molar-refractivity contribution in [1.29, 1.82) is 0 Å². The Balaban J connectivity index is 2.10. The highest BCUT2D eigenvalue weighted by atomic mass is 32.2. The van der Waals surface area contributed by atoms with E-state index in [4.69, 9.17) is 0 Å². The molecule has 1 fully saturated rings. The number of aliphatic hydroxyl groups excluding tert-OH is 1. The van der Waals surface area contributed by atoms with Gasteiger partial charge in [0.1, 0.15) is 0 Å². The molecule has 2 atom stereocenters. The van der Waals surface area contributed by atoms with Crippen molar-refractivity contribution < 1.29 is 13.5 Å². The number of aliphatic hydroxyl groups is 1. The summed E-state index contributed by atoms with van der Waals surface area (Å²) in [7, 11) is -1.79. The maximum absolute atomic E-state index is 12.4. The smallest absolute Gasteiger partial charge is 0.218 e. The molecule has 19 heavy (non-hydrogen) atoms. The Morgan fingerprint density at radius 1 is 1.21 bits per heavy atom. The van der Waals surface area contributed by atoms with Crippen molar-refractivity contribution in [1.82, 2.24) is 4.31 Å². The molecule has 1 aromatic carbocycles. The fraction of sp³-hybridized carbons (Fsp3) is 0.571. The lowest BCUT2D eigenvalue weighted by Gasteiger charge is -2.34. The van der Waals surface area contributed by atoms with Crippen LogP contribution in [0.3, 0.4) is 0 Å². The number of nitrogens with zero attached hydrogens (tertiary/aromatic N) is 1.